The summed E-state index contributed by atoms with van der Waals surface area (Å²) in [6, 6.07) is 11.2. The number of hydrogen-bond acceptors (Lipinski definition) is 6. The molecule has 27 heavy (non-hydrogen) atoms. The number of nitrogens with one attached hydrogen (secondary N) is 1. The second-order valence-electron chi connectivity index (χ2n) is 5.68. The number of thiophene rings is 1. The van der Waals surface area contributed by atoms with Gasteiger partial charge in [0, 0.05) is 29.0 Å². The van der Waals surface area contributed by atoms with Gasteiger partial charge in [-0.1, -0.05) is 34.1 Å². The number of thiazole rings is 1. The number of rotatable bonds is 7. The molecule has 0 aliphatic carbocycles. The Morgan fingerprint density at radius 2 is 2.00 bits per heavy atom. The van der Waals surface area contributed by atoms with Crippen molar-refractivity contribution in [3.63, 3.8) is 0 Å². The number of hydrogen-bond donors (Lipinski definition) is 1. The van der Waals surface area contributed by atoms with E-state index in [1.165, 1.54) is 24.5 Å². The predicted molar refractivity (Wildman–Crippen MR) is 112 cm³/mol. The van der Waals surface area contributed by atoms with E-state index in [1.54, 1.807) is 17.6 Å². The van der Waals surface area contributed by atoms with Crippen LogP contribution in [0.25, 0.3) is 0 Å². The maximum Gasteiger partial charge on any atom is 0.252 e. The Labute approximate surface area is 174 Å². The largest absolute Gasteiger partial charge is 0.301 e. The normalized spacial score (nSPS) is 11.7. The molecule has 1 N–H and O–H groups in total. The van der Waals surface area contributed by atoms with Gasteiger partial charge >= 0.3 is 0 Å². The zero-order valence-corrected chi connectivity index (χ0v) is 18.3. The molecule has 0 bridgehead atoms. The predicted octanol–water partition coefficient (Wildman–Crippen LogP) is 3.82. The number of anilines is 1. The van der Waals surface area contributed by atoms with Crippen LogP contribution in [0.5, 0.6) is 0 Å². The van der Waals surface area contributed by atoms with Crippen LogP contribution in [0, 0.1) is 0 Å². The van der Waals surface area contributed by atoms with Crippen LogP contribution in [0.4, 0.5) is 5.13 Å². The first-order chi connectivity index (χ1) is 12.8. The summed E-state index contributed by atoms with van der Waals surface area (Å²) >= 11 is 5.90. The number of carbonyl (C=O) groups excluding carboxylic acids is 1. The SMILES string of the molecule is CN(CC(=O)Nc1ncc(Cc2ccc(Br)cc2)s1)S(=O)(=O)c1cccs1. The standard InChI is InChI=1S/C17H16BrN3O3S3/c1-21(27(23,24)16-3-2-8-25-16)11-15(22)20-17-19-10-14(26-17)9-12-4-6-13(18)7-5-12/h2-8,10H,9,11H2,1H3,(H,19,20,22). The molecule has 0 spiro atoms. The summed E-state index contributed by atoms with van der Waals surface area (Å²) in [5.41, 5.74) is 1.14. The fourth-order valence-corrected chi connectivity index (χ4v) is 5.72. The van der Waals surface area contributed by atoms with E-state index in [2.05, 4.69) is 26.2 Å². The zero-order chi connectivity index (χ0) is 19.4. The van der Waals surface area contributed by atoms with Gasteiger partial charge in [0.2, 0.25) is 5.91 Å². The highest BCUT2D eigenvalue weighted by Crippen LogP contribution is 2.23. The highest BCUT2D eigenvalue weighted by Gasteiger charge is 2.24. The molecule has 2 heterocycles. The van der Waals surface area contributed by atoms with Crippen molar-refractivity contribution >= 4 is 59.7 Å². The molecule has 0 saturated carbocycles. The van der Waals surface area contributed by atoms with E-state index >= 15 is 0 Å². The van der Waals surface area contributed by atoms with Gasteiger partial charge in [-0.05, 0) is 29.1 Å². The Morgan fingerprint density at radius 3 is 2.67 bits per heavy atom. The van der Waals surface area contributed by atoms with Crippen LogP contribution in [-0.2, 0) is 21.2 Å². The van der Waals surface area contributed by atoms with Gasteiger partial charge in [-0.2, -0.15) is 4.31 Å². The monoisotopic (exact) mass is 485 g/mol. The molecular formula is C17H16BrN3O3S3. The first-order valence-electron chi connectivity index (χ1n) is 7.83. The highest BCUT2D eigenvalue weighted by atomic mass is 79.9. The molecular weight excluding hydrogens is 470 g/mol. The summed E-state index contributed by atoms with van der Waals surface area (Å²) in [7, 11) is -2.27. The van der Waals surface area contributed by atoms with Crippen molar-refractivity contribution < 1.29 is 13.2 Å². The van der Waals surface area contributed by atoms with E-state index in [0.717, 1.165) is 30.6 Å². The maximum atomic E-state index is 12.4. The van der Waals surface area contributed by atoms with Crippen LogP contribution >= 0.6 is 38.6 Å². The van der Waals surface area contributed by atoms with Gasteiger partial charge < -0.3 is 5.32 Å². The van der Waals surface area contributed by atoms with Gasteiger partial charge in [0.1, 0.15) is 4.21 Å². The minimum absolute atomic E-state index is 0.212. The van der Waals surface area contributed by atoms with E-state index in [0.29, 0.717) is 11.6 Å². The maximum absolute atomic E-state index is 12.4. The third kappa shape index (κ3) is 5.23. The van der Waals surface area contributed by atoms with Crippen LogP contribution < -0.4 is 5.32 Å². The Morgan fingerprint density at radius 1 is 1.26 bits per heavy atom. The fourth-order valence-electron chi connectivity index (χ4n) is 2.26. The van der Waals surface area contributed by atoms with Crippen LogP contribution in [0.1, 0.15) is 10.4 Å². The Hall–Kier alpha value is -1.59. The van der Waals surface area contributed by atoms with Crippen molar-refractivity contribution in [1.29, 1.82) is 0 Å². The summed E-state index contributed by atoms with van der Waals surface area (Å²) in [6.45, 7) is -0.276. The van der Waals surface area contributed by atoms with E-state index in [9.17, 15) is 13.2 Å². The van der Waals surface area contributed by atoms with Gasteiger partial charge in [-0.25, -0.2) is 13.4 Å². The number of sulfonamides is 1. The first-order valence-corrected chi connectivity index (χ1v) is 11.8. The molecule has 0 atom stereocenters. The second kappa shape index (κ2) is 8.61. The molecule has 0 unspecified atom stereocenters. The molecule has 0 aliphatic heterocycles. The molecule has 3 rings (SSSR count). The molecule has 0 fully saturated rings. The van der Waals surface area contributed by atoms with Crippen molar-refractivity contribution in [2.45, 2.75) is 10.6 Å². The average Bonchev–Trinajstić information content (AvgIpc) is 3.29. The second-order valence-corrected chi connectivity index (χ2v) is 10.9. The molecule has 142 valence electrons. The highest BCUT2D eigenvalue weighted by molar-refractivity contribution is 9.10. The smallest absolute Gasteiger partial charge is 0.252 e. The summed E-state index contributed by atoms with van der Waals surface area (Å²) in [4.78, 5) is 17.4. The van der Waals surface area contributed by atoms with E-state index in [4.69, 9.17) is 0 Å². The third-order valence-electron chi connectivity index (χ3n) is 3.62. The van der Waals surface area contributed by atoms with Crippen molar-refractivity contribution in [1.82, 2.24) is 9.29 Å². The van der Waals surface area contributed by atoms with Crippen LogP contribution in [0.2, 0.25) is 0 Å². The van der Waals surface area contributed by atoms with Gasteiger partial charge in [0.15, 0.2) is 5.13 Å². The number of nitrogens with zero attached hydrogens (tertiary/aromatic N) is 2. The molecule has 6 nitrogen and oxygen atoms in total. The minimum Gasteiger partial charge on any atom is -0.301 e. The number of benzene rings is 1. The number of aromatic nitrogens is 1. The Bertz CT molecular complexity index is 1020. The molecule has 1 aromatic carbocycles. The molecule has 0 radical (unpaired) electrons. The minimum atomic E-state index is -3.65. The average molecular weight is 486 g/mol. The van der Waals surface area contributed by atoms with E-state index in [-0.39, 0.29) is 10.8 Å². The summed E-state index contributed by atoms with van der Waals surface area (Å²) < 4.78 is 27.0. The zero-order valence-electron chi connectivity index (χ0n) is 14.3. The van der Waals surface area contributed by atoms with E-state index in [1.807, 2.05) is 24.3 Å². The summed E-state index contributed by atoms with van der Waals surface area (Å²) in [6.07, 6.45) is 2.43. The van der Waals surface area contributed by atoms with Crippen molar-refractivity contribution in [3.8, 4) is 0 Å². The third-order valence-corrected chi connectivity index (χ3v) is 8.24. The lowest BCUT2D eigenvalue weighted by molar-refractivity contribution is -0.116. The lowest BCUT2D eigenvalue weighted by Crippen LogP contribution is -2.34. The molecule has 3 aromatic rings. The number of amides is 1. The Balaban J connectivity index is 1.58. The quantitative estimate of drug-likeness (QED) is 0.551. The van der Waals surface area contributed by atoms with Gasteiger partial charge in [-0.3, -0.25) is 4.79 Å². The number of likely N-dealkylation sites (N-methyl/N-ethyl adjacent to an activating group) is 1. The topological polar surface area (TPSA) is 79.4 Å². The van der Waals surface area contributed by atoms with Gasteiger partial charge in [-0.15, -0.1) is 22.7 Å². The van der Waals surface area contributed by atoms with Crippen LogP contribution in [0.3, 0.4) is 0 Å². The molecule has 2 aromatic heterocycles. The summed E-state index contributed by atoms with van der Waals surface area (Å²) in [5, 5.41) is 4.80. The Kier molecular flexibility index (Phi) is 6.43. The molecule has 1 amide bonds. The van der Waals surface area contributed by atoms with E-state index < -0.39 is 15.9 Å². The van der Waals surface area contributed by atoms with Crippen molar-refractivity contribution in [3.05, 3.63) is 62.9 Å². The lowest BCUT2D eigenvalue weighted by atomic mass is 10.1. The number of halogens is 1. The van der Waals surface area contributed by atoms with Crippen molar-refractivity contribution in [2.24, 2.45) is 0 Å². The van der Waals surface area contributed by atoms with Crippen LogP contribution in [0.15, 0.2) is 56.7 Å². The van der Waals surface area contributed by atoms with Gasteiger partial charge in [0.25, 0.3) is 10.0 Å². The van der Waals surface area contributed by atoms with Gasteiger partial charge in [0.05, 0.1) is 6.54 Å². The molecule has 10 heteroatoms. The fraction of sp³-hybridized carbons (Fsp3) is 0.176. The van der Waals surface area contributed by atoms with Crippen molar-refractivity contribution in [2.75, 3.05) is 18.9 Å². The number of carbonyl (C=O) groups is 1. The first kappa shape index (κ1) is 20.2. The summed E-state index contributed by atoms with van der Waals surface area (Å²) in [5.74, 6) is -0.429. The van der Waals surface area contributed by atoms with Crippen LogP contribution in [-0.4, -0.2) is 37.2 Å². The lowest BCUT2D eigenvalue weighted by Gasteiger charge is -2.14. The molecule has 0 aliphatic rings. The molecule has 0 saturated heterocycles.